The molecule has 20 heavy (non-hydrogen) atoms. The van der Waals surface area contributed by atoms with Gasteiger partial charge in [0, 0.05) is 18.2 Å². The molecule has 2 rings (SSSR count). The first-order valence-corrected chi connectivity index (χ1v) is 7.03. The second-order valence-electron chi connectivity index (χ2n) is 4.81. The van der Waals surface area contributed by atoms with Gasteiger partial charge in [-0.25, -0.2) is 0 Å². The van der Waals surface area contributed by atoms with Gasteiger partial charge < -0.3 is 20.5 Å². The molecule has 1 atom stereocenters. The molecule has 0 saturated carbocycles. The van der Waals surface area contributed by atoms with Gasteiger partial charge >= 0.3 is 0 Å². The van der Waals surface area contributed by atoms with Crippen molar-refractivity contribution in [2.24, 2.45) is 0 Å². The summed E-state index contributed by atoms with van der Waals surface area (Å²) in [4.78, 5) is 12.1. The first-order valence-electron chi connectivity index (χ1n) is 6.65. The van der Waals surface area contributed by atoms with Crippen molar-refractivity contribution in [1.29, 1.82) is 0 Å². The summed E-state index contributed by atoms with van der Waals surface area (Å²) >= 11 is 5.88. The predicted molar refractivity (Wildman–Crippen MR) is 78.9 cm³/mol. The van der Waals surface area contributed by atoms with E-state index in [1.165, 1.54) is 0 Å². The second-order valence-corrected chi connectivity index (χ2v) is 5.25. The van der Waals surface area contributed by atoms with Crippen molar-refractivity contribution in [3.05, 3.63) is 23.2 Å². The van der Waals surface area contributed by atoms with Crippen LogP contribution in [0.2, 0.25) is 5.02 Å². The SMILES string of the molecule is CC(OC1CCOCC1)C(=O)Nc1cc(Cl)ccc1N. The van der Waals surface area contributed by atoms with Gasteiger partial charge in [0.2, 0.25) is 0 Å². The van der Waals surface area contributed by atoms with Crippen LogP contribution < -0.4 is 11.1 Å². The van der Waals surface area contributed by atoms with Crippen LogP contribution in [0, 0.1) is 0 Å². The first kappa shape index (κ1) is 15.1. The Balaban J connectivity index is 1.91. The van der Waals surface area contributed by atoms with Gasteiger partial charge in [-0.2, -0.15) is 0 Å². The number of nitrogens with one attached hydrogen (secondary N) is 1. The molecule has 1 aromatic rings. The number of ether oxygens (including phenoxy) is 2. The third-order valence-corrected chi connectivity index (χ3v) is 3.44. The van der Waals surface area contributed by atoms with E-state index in [4.69, 9.17) is 26.8 Å². The smallest absolute Gasteiger partial charge is 0.253 e. The number of benzene rings is 1. The van der Waals surface area contributed by atoms with Crippen molar-refractivity contribution in [2.75, 3.05) is 24.3 Å². The minimum atomic E-state index is -0.545. The second kappa shape index (κ2) is 6.92. The number of nitrogens with two attached hydrogens (primary N) is 1. The van der Waals surface area contributed by atoms with Crippen LogP contribution in [0.25, 0.3) is 0 Å². The lowest BCUT2D eigenvalue weighted by Gasteiger charge is -2.25. The van der Waals surface area contributed by atoms with E-state index in [9.17, 15) is 4.79 Å². The summed E-state index contributed by atoms with van der Waals surface area (Å²) in [5, 5.41) is 3.26. The molecule has 6 heteroatoms. The van der Waals surface area contributed by atoms with Crippen LogP contribution in [0.1, 0.15) is 19.8 Å². The van der Waals surface area contributed by atoms with Crippen molar-refractivity contribution in [3.63, 3.8) is 0 Å². The van der Waals surface area contributed by atoms with Crippen LogP contribution in [-0.4, -0.2) is 31.3 Å². The highest BCUT2D eigenvalue weighted by Crippen LogP contribution is 2.23. The molecule has 0 aromatic heterocycles. The zero-order chi connectivity index (χ0) is 14.5. The van der Waals surface area contributed by atoms with E-state index in [-0.39, 0.29) is 12.0 Å². The summed E-state index contributed by atoms with van der Waals surface area (Å²) in [6, 6.07) is 4.95. The highest BCUT2D eigenvalue weighted by atomic mass is 35.5. The Morgan fingerprint density at radius 1 is 1.50 bits per heavy atom. The van der Waals surface area contributed by atoms with E-state index in [1.807, 2.05) is 0 Å². The molecule has 0 radical (unpaired) electrons. The van der Waals surface area contributed by atoms with Crippen LogP contribution >= 0.6 is 11.6 Å². The topological polar surface area (TPSA) is 73.6 Å². The summed E-state index contributed by atoms with van der Waals surface area (Å²) < 4.78 is 11.0. The minimum absolute atomic E-state index is 0.0706. The molecule has 1 unspecified atom stereocenters. The molecule has 0 aliphatic carbocycles. The fraction of sp³-hybridized carbons (Fsp3) is 0.500. The van der Waals surface area contributed by atoms with E-state index in [2.05, 4.69) is 5.32 Å². The average Bonchev–Trinajstić information content (AvgIpc) is 2.44. The molecule has 1 fully saturated rings. The monoisotopic (exact) mass is 298 g/mol. The molecular weight excluding hydrogens is 280 g/mol. The van der Waals surface area contributed by atoms with Crippen molar-refractivity contribution in [2.45, 2.75) is 32.0 Å². The van der Waals surface area contributed by atoms with Crippen molar-refractivity contribution in [3.8, 4) is 0 Å². The summed E-state index contributed by atoms with van der Waals surface area (Å²) in [7, 11) is 0. The summed E-state index contributed by atoms with van der Waals surface area (Å²) in [6.07, 6.45) is 1.16. The highest BCUT2D eigenvalue weighted by Gasteiger charge is 2.21. The highest BCUT2D eigenvalue weighted by molar-refractivity contribution is 6.31. The van der Waals surface area contributed by atoms with Gasteiger partial charge in [0.1, 0.15) is 6.10 Å². The number of hydrogen-bond donors (Lipinski definition) is 2. The van der Waals surface area contributed by atoms with Gasteiger partial charge in [-0.05, 0) is 38.0 Å². The van der Waals surface area contributed by atoms with Gasteiger partial charge in [0.25, 0.3) is 5.91 Å². The maximum Gasteiger partial charge on any atom is 0.253 e. The van der Waals surface area contributed by atoms with Crippen LogP contribution in [0.15, 0.2) is 18.2 Å². The Morgan fingerprint density at radius 2 is 2.20 bits per heavy atom. The van der Waals surface area contributed by atoms with E-state index < -0.39 is 6.10 Å². The van der Waals surface area contributed by atoms with E-state index >= 15 is 0 Å². The third-order valence-electron chi connectivity index (χ3n) is 3.21. The number of amides is 1. The van der Waals surface area contributed by atoms with Gasteiger partial charge in [0.15, 0.2) is 0 Å². The summed E-state index contributed by atoms with van der Waals surface area (Å²) in [5.41, 5.74) is 6.77. The van der Waals surface area contributed by atoms with Gasteiger partial charge in [-0.15, -0.1) is 0 Å². The molecule has 5 nitrogen and oxygen atoms in total. The summed E-state index contributed by atoms with van der Waals surface area (Å²) in [5.74, 6) is -0.231. The molecule has 1 aliphatic rings. The fourth-order valence-electron chi connectivity index (χ4n) is 2.03. The molecule has 0 spiro atoms. The normalized spacial score (nSPS) is 17.7. The van der Waals surface area contributed by atoms with Crippen LogP contribution in [0.4, 0.5) is 11.4 Å². The molecule has 1 heterocycles. The van der Waals surface area contributed by atoms with Gasteiger partial charge in [0.05, 0.1) is 17.5 Å². The largest absolute Gasteiger partial charge is 0.397 e. The Morgan fingerprint density at radius 3 is 2.90 bits per heavy atom. The maximum atomic E-state index is 12.1. The summed E-state index contributed by atoms with van der Waals surface area (Å²) in [6.45, 7) is 3.09. The van der Waals surface area contributed by atoms with Gasteiger partial charge in [-0.3, -0.25) is 4.79 Å². The van der Waals surface area contributed by atoms with E-state index in [1.54, 1.807) is 25.1 Å². The molecule has 0 bridgehead atoms. The average molecular weight is 299 g/mol. The standard InChI is InChI=1S/C14H19ClN2O3/c1-9(20-11-4-6-19-7-5-11)14(18)17-13-8-10(15)2-3-12(13)16/h2-3,8-9,11H,4-7,16H2,1H3,(H,17,18). The number of hydrogen-bond acceptors (Lipinski definition) is 4. The van der Waals surface area contributed by atoms with Crippen molar-refractivity contribution < 1.29 is 14.3 Å². The van der Waals surface area contributed by atoms with Crippen LogP contribution in [0.5, 0.6) is 0 Å². The molecule has 110 valence electrons. The number of carbonyl (C=O) groups excluding carboxylic acids is 1. The Bertz CT molecular complexity index is 475. The lowest BCUT2D eigenvalue weighted by Crippen LogP contribution is -2.34. The number of carbonyl (C=O) groups is 1. The number of nitrogen functional groups attached to an aromatic ring is 1. The third kappa shape index (κ3) is 4.10. The van der Waals surface area contributed by atoms with Crippen LogP contribution in [-0.2, 0) is 14.3 Å². The lowest BCUT2D eigenvalue weighted by molar-refractivity contribution is -0.133. The molecule has 1 saturated heterocycles. The van der Waals surface area contributed by atoms with Crippen molar-refractivity contribution >= 4 is 28.9 Å². The Labute approximate surface area is 123 Å². The zero-order valence-corrected chi connectivity index (χ0v) is 12.2. The van der Waals surface area contributed by atoms with Crippen LogP contribution in [0.3, 0.4) is 0 Å². The van der Waals surface area contributed by atoms with E-state index in [0.29, 0.717) is 29.6 Å². The van der Waals surface area contributed by atoms with Gasteiger partial charge in [-0.1, -0.05) is 11.6 Å². The molecular formula is C14H19ClN2O3. The number of halogens is 1. The number of anilines is 2. The Hall–Kier alpha value is -1.30. The minimum Gasteiger partial charge on any atom is -0.397 e. The van der Waals surface area contributed by atoms with E-state index in [0.717, 1.165) is 12.8 Å². The first-order chi connectivity index (χ1) is 9.56. The fourth-order valence-corrected chi connectivity index (χ4v) is 2.21. The maximum absolute atomic E-state index is 12.1. The molecule has 3 N–H and O–H groups in total. The lowest BCUT2D eigenvalue weighted by atomic mass is 10.1. The Kier molecular flexibility index (Phi) is 5.23. The molecule has 1 aliphatic heterocycles. The molecule has 1 aromatic carbocycles. The number of rotatable bonds is 4. The predicted octanol–water partition coefficient (Wildman–Crippen LogP) is 2.44. The molecule has 1 amide bonds. The zero-order valence-electron chi connectivity index (χ0n) is 11.4. The quantitative estimate of drug-likeness (QED) is 0.837. The van der Waals surface area contributed by atoms with Crippen molar-refractivity contribution in [1.82, 2.24) is 0 Å².